The molecule has 0 atom stereocenters. The molecule has 0 saturated heterocycles. The molecule has 0 amide bonds. The zero-order valence-electron chi connectivity index (χ0n) is 9.27. The van der Waals surface area contributed by atoms with Crippen molar-refractivity contribution in [3.05, 3.63) is 58.3 Å². The van der Waals surface area contributed by atoms with Crippen LogP contribution < -0.4 is 5.73 Å². The van der Waals surface area contributed by atoms with Crippen molar-refractivity contribution in [3.8, 4) is 0 Å². The number of thioether (sulfide) groups is 1. The molecule has 2 aromatic rings. The highest BCUT2D eigenvalue weighted by Gasteiger charge is 1.98. The third kappa shape index (κ3) is 3.84. The highest BCUT2D eigenvalue weighted by atomic mass is 79.9. The Bertz CT molecular complexity index is 468. The monoisotopic (exact) mass is 308 g/mol. The maximum Gasteiger partial charge on any atom is 0.0507 e. The number of halogens is 1. The molecule has 2 N–H and O–H groups in total. The molecular weight excluding hydrogens is 296 g/mol. The molecule has 1 aromatic carbocycles. The van der Waals surface area contributed by atoms with E-state index in [0.29, 0.717) is 6.54 Å². The van der Waals surface area contributed by atoms with Crippen molar-refractivity contribution in [1.82, 2.24) is 4.98 Å². The van der Waals surface area contributed by atoms with E-state index in [1.807, 2.05) is 18.3 Å². The lowest BCUT2D eigenvalue weighted by molar-refractivity contribution is 1.06. The summed E-state index contributed by atoms with van der Waals surface area (Å²) >= 11 is 5.16. The summed E-state index contributed by atoms with van der Waals surface area (Å²) in [5, 5.41) is 0. The maximum atomic E-state index is 5.56. The van der Waals surface area contributed by atoms with Gasteiger partial charge in [0.15, 0.2) is 0 Å². The van der Waals surface area contributed by atoms with E-state index in [-0.39, 0.29) is 0 Å². The van der Waals surface area contributed by atoms with Crippen molar-refractivity contribution in [2.45, 2.75) is 17.2 Å². The van der Waals surface area contributed by atoms with Crippen LogP contribution in [0.1, 0.15) is 11.3 Å². The minimum absolute atomic E-state index is 0.596. The minimum atomic E-state index is 0.596. The van der Waals surface area contributed by atoms with Gasteiger partial charge in [-0.25, -0.2) is 0 Å². The smallest absolute Gasteiger partial charge is 0.0507 e. The molecular formula is C13H13BrN2S. The number of nitrogens with zero attached hydrogens (tertiary/aromatic N) is 1. The van der Waals surface area contributed by atoms with Crippen LogP contribution in [0.3, 0.4) is 0 Å². The van der Waals surface area contributed by atoms with Gasteiger partial charge < -0.3 is 5.73 Å². The molecule has 1 heterocycles. The van der Waals surface area contributed by atoms with Gasteiger partial charge in [0.05, 0.1) is 5.69 Å². The lowest BCUT2D eigenvalue weighted by atomic mass is 10.2. The van der Waals surface area contributed by atoms with Crippen molar-refractivity contribution < 1.29 is 0 Å². The van der Waals surface area contributed by atoms with Crippen LogP contribution in [0.2, 0.25) is 0 Å². The second-order valence-corrected chi connectivity index (χ2v) is 5.57. The van der Waals surface area contributed by atoms with Crippen molar-refractivity contribution in [3.63, 3.8) is 0 Å². The Kier molecular flexibility index (Phi) is 4.59. The third-order valence-corrected chi connectivity index (χ3v) is 3.85. The first kappa shape index (κ1) is 12.6. The summed E-state index contributed by atoms with van der Waals surface area (Å²) < 4.78 is 1.01. The van der Waals surface area contributed by atoms with Gasteiger partial charge in [0, 0.05) is 27.9 Å². The fourth-order valence-electron chi connectivity index (χ4n) is 1.37. The van der Waals surface area contributed by atoms with Crippen molar-refractivity contribution >= 4 is 27.7 Å². The number of hydrogen-bond acceptors (Lipinski definition) is 3. The number of benzene rings is 1. The lowest BCUT2D eigenvalue weighted by Gasteiger charge is -2.03. The van der Waals surface area contributed by atoms with Crippen LogP contribution >= 0.6 is 27.7 Å². The molecule has 17 heavy (non-hydrogen) atoms. The molecule has 4 heteroatoms. The average Bonchev–Trinajstić information content (AvgIpc) is 2.39. The third-order valence-electron chi connectivity index (χ3n) is 2.33. The van der Waals surface area contributed by atoms with Crippen LogP contribution in [0.5, 0.6) is 0 Å². The van der Waals surface area contributed by atoms with E-state index in [0.717, 1.165) is 21.5 Å². The van der Waals surface area contributed by atoms with Gasteiger partial charge in [0.2, 0.25) is 0 Å². The summed E-state index contributed by atoms with van der Waals surface area (Å²) in [4.78, 5) is 5.58. The number of rotatable bonds is 4. The van der Waals surface area contributed by atoms with Crippen molar-refractivity contribution in [2.75, 3.05) is 0 Å². The summed E-state index contributed by atoms with van der Waals surface area (Å²) in [5.74, 6) is 0.884. The number of nitrogens with two attached hydrogens (primary N) is 1. The molecule has 2 rings (SSSR count). The fourth-order valence-corrected chi connectivity index (χ4v) is 2.42. The van der Waals surface area contributed by atoms with Crippen LogP contribution in [0.4, 0.5) is 0 Å². The molecule has 0 bridgehead atoms. The largest absolute Gasteiger partial charge is 0.326 e. The topological polar surface area (TPSA) is 38.9 Å². The second kappa shape index (κ2) is 6.19. The van der Waals surface area contributed by atoms with Crippen molar-refractivity contribution in [2.24, 2.45) is 5.73 Å². The standard InChI is InChI=1S/C13H13BrN2S/c14-11-3-4-12(16-8-11)9-17-13-5-1-10(7-15)2-6-13/h1-6,8H,7,9,15H2. The Morgan fingerprint density at radius 3 is 2.47 bits per heavy atom. The van der Waals surface area contributed by atoms with E-state index >= 15 is 0 Å². The normalized spacial score (nSPS) is 10.5. The van der Waals surface area contributed by atoms with Gasteiger partial charge in [-0.2, -0.15) is 0 Å². The molecule has 88 valence electrons. The Morgan fingerprint density at radius 2 is 1.88 bits per heavy atom. The van der Waals surface area contributed by atoms with Crippen LogP contribution in [-0.2, 0) is 12.3 Å². The first-order chi connectivity index (χ1) is 8.28. The predicted octanol–water partition coefficient (Wildman–Crippen LogP) is 3.60. The fraction of sp³-hybridized carbons (Fsp3) is 0.154. The van der Waals surface area contributed by atoms with Crippen LogP contribution in [0, 0.1) is 0 Å². The van der Waals surface area contributed by atoms with E-state index in [4.69, 9.17) is 5.73 Å². The average molecular weight is 309 g/mol. The Balaban J connectivity index is 1.95. The number of hydrogen-bond donors (Lipinski definition) is 1. The highest BCUT2D eigenvalue weighted by molar-refractivity contribution is 9.10. The predicted molar refractivity (Wildman–Crippen MR) is 75.8 cm³/mol. The summed E-state index contributed by atoms with van der Waals surface area (Å²) in [5.41, 5.74) is 7.81. The molecule has 0 saturated carbocycles. The summed E-state index contributed by atoms with van der Waals surface area (Å²) in [6, 6.07) is 12.4. The van der Waals surface area contributed by atoms with Gasteiger partial charge in [-0.05, 0) is 45.8 Å². The van der Waals surface area contributed by atoms with E-state index in [1.54, 1.807) is 11.8 Å². The van der Waals surface area contributed by atoms with Gasteiger partial charge in [-0.3, -0.25) is 4.98 Å². The Hall–Kier alpha value is -0.840. The number of pyridine rings is 1. The first-order valence-corrected chi connectivity index (χ1v) is 7.08. The van der Waals surface area contributed by atoms with E-state index < -0.39 is 0 Å². The molecule has 0 aliphatic carbocycles. The maximum absolute atomic E-state index is 5.56. The van der Waals surface area contributed by atoms with Crippen LogP contribution in [0.15, 0.2) is 52.0 Å². The van der Waals surface area contributed by atoms with E-state index in [1.165, 1.54) is 4.90 Å². The molecule has 0 aliphatic heterocycles. The first-order valence-electron chi connectivity index (χ1n) is 5.30. The minimum Gasteiger partial charge on any atom is -0.326 e. The quantitative estimate of drug-likeness (QED) is 0.877. The second-order valence-electron chi connectivity index (χ2n) is 3.60. The Morgan fingerprint density at radius 1 is 1.12 bits per heavy atom. The summed E-state index contributed by atoms with van der Waals surface area (Å²) in [7, 11) is 0. The van der Waals surface area contributed by atoms with Gasteiger partial charge in [-0.15, -0.1) is 11.8 Å². The molecule has 0 radical (unpaired) electrons. The number of aromatic nitrogens is 1. The Labute approximate surface area is 114 Å². The summed E-state index contributed by atoms with van der Waals surface area (Å²) in [6.45, 7) is 0.596. The molecule has 0 spiro atoms. The van der Waals surface area contributed by atoms with E-state index in [2.05, 4.69) is 45.2 Å². The zero-order chi connectivity index (χ0) is 12.1. The SMILES string of the molecule is NCc1ccc(SCc2ccc(Br)cn2)cc1. The lowest BCUT2D eigenvalue weighted by Crippen LogP contribution is -1.95. The molecule has 2 nitrogen and oxygen atoms in total. The molecule has 0 aliphatic rings. The van der Waals surface area contributed by atoms with Gasteiger partial charge >= 0.3 is 0 Å². The highest BCUT2D eigenvalue weighted by Crippen LogP contribution is 2.22. The molecule has 0 fully saturated rings. The zero-order valence-corrected chi connectivity index (χ0v) is 11.7. The van der Waals surface area contributed by atoms with Gasteiger partial charge in [0.1, 0.15) is 0 Å². The van der Waals surface area contributed by atoms with Crippen molar-refractivity contribution in [1.29, 1.82) is 0 Å². The molecule has 0 unspecified atom stereocenters. The van der Waals surface area contributed by atoms with Crippen LogP contribution in [-0.4, -0.2) is 4.98 Å². The van der Waals surface area contributed by atoms with Gasteiger partial charge in [-0.1, -0.05) is 12.1 Å². The van der Waals surface area contributed by atoms with Crippen LogP contribution in [0.25, 0.3) is 0 Å². The van der Waals surface area contributed by atoms with Gasteiger partial charge in [0.25, 0.3) is 0 Å². The van der Waals surface area contributed by atoms with E-state index in [9.17, 15) is 0 Å². The molecule has 1 aromatic heterocycles. The summed E-state index contributed by atoms with van der Waals surface area (Å²) in [6.07, 6.45) is 1.83.